The summed E-state index contributed by atoms with van der Waals surface area (Å²) in [5.74, 6) is 0.724. The van der Waals surface area contributed by atoms with Gasteiger partial charge >= 0.3 is 0 Å². The summed E-state index contributed by atoms with van der Waals surface area (Å²) in [6.45, 7) is 2.27. The lowest BCUT2D eigenvalue weighted by molar-refractivity contribution is -0.133. The highest BCUT2D eigenvalue weighted by Gasteiger charge is 2.54. The number of fused-ring (bicyclic) bond motifs is 2. The van der Waals surface area contributed by atoms with E-state index < -0.39 is 0 Å². The molecular formula is C22H25N5O. The van der Waals surface area contributed by atoms with E-state index in [2.05, 4.69) is 27.3 Å². The lowest BCUT2D eigenvalue weighted by atomic mass is 10.0. The molecule has 1 aliphatic carbocycles. The Labute approximate surface area is 165 Å². The second-order valence-electron chi connectivity index (χ2n) is 8.32. The van der Waals surface area contributed by atoms with Crippen LogP contribution in [0.3, 0.4) is 0 Å². The van der Waals surface area contributed by atoms with Crippen molar-refractivity contribution in [1.29, 1.82) is 5.26 Å². The quantitative estimate of drug-likeness (QED) is 0.889. The van der Waals surface area contributed by atoms with Gasteiger partial charge in [-0.25, -0.2) is 0 Å². The molecule has 2 aliphatic heterocycles. The number of piperidine rings is 2. The van der Waals surface area contributed by atoms with Crippen molar-refractivity contribution in [3.05, 3.63) is 36.5 Å². The molecule has 1 aromatic carbocycles. The summed E-state index contributed by atoms with van der Waals surface area (Å²) in [5, 5.41) is 14.1. The van der Waals surface area contributed by atoms with E-state index in [1.807, 2.05) is 35.4 Å². The molecule has 2 saturated heterocycles. The van der Waals surface area contributed by atoms with E-state index in [0.717, 1.165) is 55.4 Å². The van der Waals surface area contributed by atoms with Crippen molar-refractivity contribution in [2.24, 2.45) is 5.92 Å². The normalized spacial score (nSPS) is 27.4. The third kappa shape index (κ3) is 3.20. The molecule has 3 fully saturated rings. The Morgan fingerprint density at radius 3 is 2.86 bits per heavy atom. The topological polar surface area (TPSA) is 72.3 Å². The van der Waals surface area contributed by atoms with E-state index in [4.69, 9.17) is 0 Å². The smallest absolute Gasteiger partial charge is 0.238 e. The molecule has 1 aromatic heterocycles. The molecule has 0 spiro atoms. The van der Waals surface area contributed by atoms with Gasteiger partial charge in [0, 0.05) is 42.4 Å². The van der Waals surface area contributed by atoms with Crippen LogP contribution in [0.2, 0.25) is 0 Å². The van der Waals surface area contributed by atoms with Crippen molar-refractivity contribution >= 4 is 22.5 Å². The van der Waals surface area contributed by atoms with Gasteiger partial charge < -0.3 is 10.2 Å². The Morgan fingerprint density at radius 1 is 1.21 bits per heavy atom. The molecule has 1 saturated carbocycles. The number of aromatic nitrogens is 1. The van der Waals surface area contributed by atoms with Gasteiger partial charge in [0.2, 0.25) is 5.91 Å². The van der Waals surface area contributed by atoms with Crippen molar-refractivity contribution in [2.45, 2.75) is 43.8 Å². The molecule has 6 heteroatoms. The maximum absolute atomic E-state index is 12.7. The summed E-state index contributed by atoms with van der Waals surface area (Å²) < 4.78 is 0. The predicted molar refractivity (Wildman–Crippen MR) is 108 cm³/mol. The van der Waals surface area contributed by atoms with E-state index in [9.17, 15) is 10.1 Å². The molecule has 0 bridgehead atoms. The van der Waals surface area contributed by atoms with E-state index in [-0.39, 0.29) is 11.9 Å². The number of nitrogens with one attached hydrogen (secondary N) is 1. The van der Waals surface area contributed by atoms with Crippen molar-refractivity contribution in [2.75, 3.05) is 25.0 Å². The number of rotatable bonds is 4. The molecular weight excluding hydrogens is 350 g/mol. The second-order valence-corrected chi connectivity index (χ2v) is 8.32. The van der Waals surface area contributed by atoms with Gasteiger partial charge in [-0.15, -0.1) is 0 Å². The summed E-state index contributed by atoms with van der Waals surface area (Å²) in [6.07, 6.45) is 5.84. The monoisotopic (exact) mass is 375 g/mol. The number of benzene rings is 1. The largest absolute Gasteiger partial charge is 0.382 e. The van der Waals surface area contributed by atoms with Gasteiger partial charge in [0.15, 0.2) is 0 Å². The van der Waals surface area contributed by atoms with Gasteiger partial charge in [0.05, 0.1) is 18.1 Å². The van der Waals surface area contributed by atoms with Gasteiger partial charge in [-0.2, -0.15) is 5.26 Å². The van der Waals surface area contributed by atoms with Crippen LogP contribution < -0.4 is 5.32 Å². The Morgan fingerprint density at radius 2 is 2.04 bits per heavy atom. The summed E-state index contributed by atoms with van der Waals surface area (Å²) in [7, 11) is 0. The lowest BCUT2D eigenvalue weighted by Crippen LogP contribution is -2.47. The average molecular weight is 375 g/mol. The molecule has 2 aromatic rings. The SMILES string of the molecule is N#CC1CC2CC2N1C(=O)CN1CCC(Nc2ccnc3ccccc23)CC1. The first-order valence-electron chi connectivity index (χ1n) is 10.3. The maximum atomic E-state index is 12.7. The minimum Gasteiger partial charge on any atom is -0.382 e. The first kappa shape index (κ1) is 17.4. The zero-order chi connectivity index (χ0) is 19.1. The Hall–Kier alpha value is -2.65. The molecule has 3 unspecified atom stereocenters. The lowest BCUT2D eigenvalue weighted by Gasteiger charge is -2.34. The molecule has 144 valence electrons. The zero-order valence-corrected chi connectivity index (χ0v) is 15.9. The number of amides is 1. The molecule has 3 aliphatic rings. The third-order valence-electron chi connectivity index (χ3n) is 6.50. The summed E-state index contributed by atoms with van der Waals surface area (Å²) in [5.41, 5.74) is 2.14. The maximum Gasteiger partial charge on any atom is 0.238 e. The fourth-order valence-corrected chi connectivity index (χ4v) is 4.88. The van der Waals surface area contributed by atoms with Crippen LogP contribution in [0.4, 0.5) is 5.69 Å². The second kappa shape index (κ2) is 7.06. The number of hydrogen-bond donors (Lipinski definition) is 1. The van der Waals surface area contributed by atoms with Gasteiger partial charge in [-0.3, -0.25) is 14.7 Å². The summed E-state index contributed by atoms with van der Waals surface area (Å²) >= 11 is 0. The van der Waals surface area contributed by atoms with Gasteiger partial charge in [-0.05, 0) is 43.7 Å². The first-order valence-corrected chi connectivity index (χ1v) is 10.3. The van der Waals surface area contributed by atoms with Crippen molar-refractivity contribution in [3.8, 4) is 6.07 Å². The minimum atomic E-state index is -0.199. The van der Waals surface area contributed by atoms with Crippen LogP contribution in [0.15, 0.2) is 36.5 Å². The van der Waals surface area contributed by atoms with Gasteiger partial charge in [0.1, 0.15) is 6.04 Å². The summed E-state index contributed by atoms with van der Waals surface area (Å²) in [6, 6.07) is 13.1. The van der Waals surface area contributed by atoms with Crippen LogP contribution in [0, 0.1) is 17.2 Å². The molecule has 1 amide bonds. The minimum absolute atomic E-state index is 0.142. The van der Waals surface area contributed by atoms with Crippen LogP contribution >= 0.6 is 0 Å². The number of hydrogen-bond acceptors (Lipinski definition) is 5. The first-order chi connectivity index (χ1) is 13.7. The van der Waals surface area contributed by atoms with E-state index in [1.165, 1.54) is 0 Å². The van der Waals surface area contributed by atoms with Crippen molar-refractivity contribution < 1.29 is 4.79 Å². The number of anilines is 1. The fraction of sp³-hybridized carbons (Fsp3) is 0.500. The standard InChI is InChI=1S/C22H25N5O/c23-13-17-11-15-12-21(15)27(17)22(28)14-26-9-6-16(7-10-26)25-20-5-8-24-19-4-2-1-3-18(19)20/h1-5,8,15-17,21H,6-7,9-12,14H2,(H,24,25). The van der Waals surface area contributed by atoms with Gasteiger partial charge in [0.25, 0.3) is 0 Å². The van der Waals surface area contributed by atoms with E-state index >= 15 is 0 Å². The predicted octanol–water partition coefficient (Wildman–Crippen LogP) is 2.62. The molecule has 3 heterocycles. The highest BCUT2D eigenvalue weighted by atomic mass is 16.2. The highest BCUT2D eigenvalue weighted by Crippen LogP contribution is 2.47. The van der Waals surface area contributed by atoms with E-state index in [0.29, 0.717) is 24.5 Å². The van der Waals surface area contributed by atoms with Crippen LogP contribution in [0.1, 0.15) is 25.7 Å². The molecule has 0 radical (unpaired) electrons. The Kier molecular flexibility index (Phi) is 4.40. The number of carbonyl (C=O) groups is 1. The Balaban J connectivity index is 1.17. The number of nitrogens with zero attached hydrogens (tertiary/aromatic N) is 4. The zero-order valence-electron chi connectivity index (χ0n) is 15.9. The third-order valence-corrected chi connectivity index (χ3v) is 6.50. The summed E-state index contributed by atoms with van der Waals surface area (Å²) in [4.78, 5) is 21.3. The Bertz CT molecular complexity index is 925. The van der Waals surface area contributed by atoms with Crippen LogP contribution in [-0.2, 0) is 4.79 Å². The molecule has 5 rings (SSSR count). The molecule has 3 atom stereocenters. The number of nitriles is 1. The number of likely N-dealkylation sites (tertiary alicyclic amines) is 2. The van der Waals surface area contributed by atoms with Crippen molar-refractivity contribution in [1.82, 2.24) is 14.8 Å². The molecule has 6 nitrogen and oxygen atoms in total. The van der Waals surface area contributed by atoms with Crippen LogP contribution in [0.25, 0.3) is 10.9 Å². The highest BCUT2D eigenvalue weighted by molar-refractivity contribution is 5.91. The fourth-order valence-electron chi connectivity index (χ4n) is 4.88. The van der Waals surface area contributed by atoms with Crippen molar-refractivity contribution in [3.63, 3.8) is 0 Å². The van der Waals surface area contributed by atoms with E-state index in [1.54, 1.807) is 0 Å². The number of carbonyl (C=O) groups excluding carboxylic acids is 1. The number of para-hydroxylation sites is 1. The number of pyridine rings is 1. The van der Waals surface area contributed by atoms with Crippen LogP contribution in [-0.4, -0.2) is 58.5 Å². The van der Waals surface area contributed by atoms with Crippen LogP contribution in [0.5, 0.6) is 0 Å². The molecule has 1 N–H and O–H groups in total. The van der Waals surface area contributed by atoms with Gasteiger partial charge in [-0.1, -0.05) is 18.2 Å². The average Bonchev–Trinajstić information content (AvgIpc) is 3.39. The molecule has 28 heavy (non-hydrogen) atoms.